The summed E-state index contributed by atoms with van der Waals surface area (Å²) in [5.74, 6) is 1.67. The molecule has 2 N–H and O–H groups in total. The molecule has 0 aliphatic heterocycles. The largest absolute Gasteiger partial charge is 0.322 e. The van der Waals surface area contributed by atoms with Crippen LogP contribution < -0.4 is 5.73 Å². The van der Waals surface area contributed by atoms with E-state index in [1.807, 2.05) is 6.92 Å². The number of carbonyl (C=O) groups excluding carboxylic acids is 1. The van der Waals surface area contributed by atoms with Crippen molar-refractivity contribution in [2.24, 2.45) is 17.6 Å². The molecule has 1 fully saturated rings. The molecule has 0 heterocycles. The van der Waals surface area contributed by atoms with Gasteiger partial charge >= 0.3 is 0 Å². The molecule has 2 unspecified atom stereocenters. The summed E-state index contributed by atoms with van der Waals surface area (Å²) in [6, 6.07) is -0.206. The van der Waals surface area contributed by atoms with Crippen LogP contribution >= 0.6 is 0 Å². The van der Waals surface area contributed by atoms with Crippen LogP contribution in [0.2, 0.25) is 0 Å². The van der Waals surface area contributed by atoms with Gasteiger partial charge in [-0.25, -0.2) is 0 Å². The van der Waals surface area contributed by atoms with Gasteiger partial charge in [-0.15, -0.1) is 0 Å². The second-order valence-corrected chi connectivity index (χ2v) is 3.66. The van der Waals surface area contributed by atoms with Gasteiger partial charge in [0.1, 0.15) is 5.78 Å². The van der Waals surface area contributed by atoms with Gasteiger partial charge in [-0.2, -0.15) is 0 Å². The number of nitrogens with two attached hydrogens (primary N) is 1. The van der Waals surface area contributed by atoms with Crippen molar-refractivity contribution in [1.29, 1.82) is 0 Å². The highest BCUT2D eigenvalue weighted by molar-refractivity contribution is 5.84. The van der Waals surface area contributed by atoms with Crippen LogP contribution in [-0.4, -0.2) is 11.8 Å². The van der Waals surface area contributed by atoms with Gasteiger partial charge in [0, 0.05) is 6.42 Å². The summed E-state index contributed by atoms with van der Waals surface area (Å²) < 4.78 is 0. The fraction of sp³-hybridized carbons (Fsp3) is 0.889. The Morgan fingerprint density at radius 3 is 2.64 bits per heavy atom. The van der Waals surface area contributed by atoms with E-state index in [9.17, 15) is 4.79 Å². The fourth-order valence-corrected chi connectivity index (χ4v) is 1.32. The first-order chi connectivity index (χ1) is 5.15. The lowest BCUT2D eigenvalue weighted by molar-refractivity contribution is -0.120. The van der Waals surface area contributed by atoms with Crippen LogP contribution in [0, 0.1) is 11.8 Å². The predicted molar refractivity (Wildman–Crippen MR) is 45.2 cm³/mol. The Bertz CT molecular complexity index is 156. The van der Waals surface area contributed by atoms with Gasteiger partial charge in [0.15, 0.2) is 0 Å². The Morgan fingerprint density at radius 1 is 1.73 bits per heavy atom. The molecule has 0 spiro atoms. The summed E-state index contributed by atoms with van der Waals surface area (Å²) in [5, 5.41) is 0. The lowest BCUT2D eigenvalue weighted by Gasteiger charge is -2.05. The quantitative estimate of drug-likeness (QED) is 0.665. The topological polar surface area (TPSA) is 43.1 Å². The van der Waals surface area contributed by atoms with Crippen LogP contribution in [0.3, 0.4) is 0 Å². The maximum absolute atomic E-state index is 11.2. The molecule has 1 saturated carbocycles. The third-order valence-corrected chi connectivity index (χ3v) is 2.59. The maximum Gasteiger partial charge on any atom is 0.149 e. The third kappa shape index (κ3) is 2.29. The van der Waals surface area contributed by atoms with E-state index >= 15 is 0 Å². The third-order valence-electron chi connectivity index (χ3n) is 2.59. The Morgan fingerprint density at radius 2 is 2.27 bits per heavy atom. The zero-order valence-corrected chi connectivity index (χ0v) is 7.34. The molecule has 64 valence electrons. The van der Waals surface area contributed by atoms with E-state index in [0.29, 0.717) is 5.92 Å². The van der Waals surface area contributed by atoms with Gasteiger partial charge in [-0.05, 0) is 24.7 Å². The van der Waals surface area contributed by atoms with Crippen molar-refractivity contribution in [3.8, 4) is 0 Å². The first-order valence-electron chi connectivity index (χ1n) is 4.43. The number of Topliss-reactive ketones (excluding diaryl/α,β-unsaturated/α-hetero) is 1. The highest BCUT2D eigenvalue weighted by Crippen LogP contribution is 2.40. The summed E-state index contributed by atoms with van der Waals surface area (Å²) in [6.07, 6.45) is 2.72. The standard InChI is InChI=1S/C9H17NO/c1-3-8(10)9(11)5-7-4-6(7)2/h6-8H,3-5,10H2,1-2H3/t6?,7?,8-/m0/s1. The molecule has 1 rings (SSSR count). The minimum atomic E-state index is -0.206. The van der Waals surface area contributed by atoms with Crippen LogP contribution in [0.25, 0.3) is 0 Å². The Hall–Kier alpha value is -0.370. The summed E-state index contributed by atoms with van der Waals surface area (Å²) in [6.45, 7) is 4.15. The van der Waals surface area contributed by atoms with Gasteiger partial charge in [0.05, 0.1) is 6.04 Å². The number of rotatable bonds is 4. The van der Waals surface area contributed by atoms with Crippen LogP contribution in [0.4, 0.5) is 0 Å². The van der Waals surface area contributed by atoms with Crippen LogP contribution in [0.1, 0.15) is 33.1 Å². The molecule has 2 heteroatoms. The minimum Gasteiger partial charge on any atom is -0.322 e. The average molecular weight is 155 g/mol. The van der Waals surface area contributed by atoms with Crippen molar-refractivity contribution >= 4 is 5.78 Å². The van der Waals surface area contributed by atoms with Gasteiger partial charge in [-0.3, -0.25) is 4.79 Å². The van der Waals surface area contributed by atoms with Gasteiger partial charge in [0.2, 0.25) is 0 Å². The minimum absolute atomic E-state index is 0.206. The molecule has 0 bridgehead atoms. The molecule has 3 atom stereocenters. The van der Waals surface area contributed by atoms with E-state index in [0.717, 1.165) is 18.8 Å². The zero-order valence-electron chi connectivity index (χ0n) is 7.34. The molecule has 0 aromatic carbocycles. The molecule has 1 aliphatic carbocycles. The Kier molecular flexibility index (Phi) is 2.66. The van der Waals surface area contributed by atoms with Gasteiger partial charge < -0.3 is 5.73 Å². The van der Waals surface area contributed by atoms with E-state index in [1.54, 1.807) is 0 Å². The number of hydrogen-bond acceptors (Lipinski definition) is 2. The van der Waals surface area contributed by atoms with Crippen molar-refractivity contribution in [3.63, 3.8) is 0 Å². The van der Waals surface area contributed by atoms with Gasteiger partial charge in [-0.1, -0.05) is 13.8 Å². The van der Waals surface area contributed by atoms with E-state index in [2.05, 4.69) is 6.92 Å². The lowest BCUT2D eigenvalue weighted by Crippen LogP contribution is -2.29. The smallest absolute Gasteiger partial charge is 0.149 e. The van der Waals surface area contributed by atoms with E-state index < -0.39 is 0 Å². The summed E-state index contributed by atoms with van der Waals surface area (Å²) in [7, 11) is 0. The first kappa shape index (κ1) is 8.72. The van der Waals surface area contributed by atoms with Crippen molar-refractivity contribution in [2.75, 3.05) is 0 Å². The van der Waals surface area contributed by atoms with Gasteiger partial charge in [0.25, 0.3) is 0 Å². The Balaban J connectivity index is 2.21. The first-order valence-corrected chi connectivity index (χ1v) is 4.43. The highest BCUT2D eigenvalue weighted by Gasteiger charge is 2.34. The van der Waals surface area contributed by atoms with Crippen LogP contribution in [-0.2, 0) is 4.79 Å². The normalized spacial score (nSPS) is 31.5. The van der Waals surface area contributed by atoms with Crippen molar-refractivity contribution in [2.45, 2.75) is 39.2 Å². The molecule has 0 radical (unpaired) electrons. The van der Waals surface area contributed by atoms with Crippen molar-refractivity contribution in [3.05, 3.63) is 0 Å². The second-order valence-electron chi connectivity index (χ2n) is 3.66. The number of carbonyl (C=O) groups is 1. The molecule has 2 nitrogen and oxygen atoms in total. The number of hydrogen-bond donors (Lipinski definition) is 1. The predicted octanol–water partition coefficient (Wildman–Crippen LogP) is 1.34. The molecule has 0 saturated heterocycles. The molecule has 0 amide bonds. The monoisotopic (exact) mass is 155 g/mol. The SMILES string of the molecule is CC[C@H](N)C(=O)CC1CC1C. The van der Waals surface area contributed by atoms with Crippen molar-refractivity contribution < 1.29 is 4.79 Å². The summed E-state index contributed by atoms with van der Waals surface area (Å²) >= 11 is 0. The average Bonchev–Trinajstić information content (AvgIpc) is 2.65. The molecular weight excluding hydrogens is 138 g/mol. The zero-order chi connectivity index (χ0) is 8.43. The molecule has 0 aromatic rings. The van der Waals surface area contributed by atoms with E-state index in [-0.39, 0.29) is 11.8 Å². The molecule has 1 aliphatic rings. The fourth-order valence-electron chi connectivity index (χ4n) is 1.32. The number of ketones is 1. The summed E-state index contributed by atoms with van der Waals surface area (Å²) in [4.78, 5) is 11.2. The molecular formula is C9H17NO. The van der Waals surface area contributed by atoms with Crippen LogP contribution in [0.15, 0.2) is 0 Å². The van der Waals surface area contributed by atoms with E-state index in [1.165, 1.54) is 6.42 Å². The van der Waals surface area contributed by atoms with Crippen molar-refractivity contribution in [1.82, 2.24) is 0 Å². The maximum atomic E-state index is 11.2. The molecule has 0 aromatic heterocycles. The lowest BCUT2D eigenvalue weighted by atomic mass is 10.1. The highest BCUT2D eigenvalue weighted by atomic mass is 16.1. The van der Waals surface area contributed by atoms with Crippen LogP contribution in [0.5, 0.6) is 0 Å². The van der Waals surface area contributed by atoms with E-state index in [4.69, 9.17) is 5.73 Å². The Labute approximate surface area is 68.2 Å². The molecule has 11 heavy (non-hydrogen) atoms. The second kappa shape index (κ2) is 3.35. The summed E-state index contributed by atoms with van der Waals surface area (Å²) in [5.41, 5.74) is 5.59.